The predicted molar refractivity (Wildman–Crippen MR) is 74.7 cm³/mol. The van der Waals surface area contributed by atoms with Gasteiger partial charge in [0.25, 0.3) is 0 Å². The molecule has 1 saturated heterocycles. The average Bonchev–Trinajstić information content (AvgIpc) is 2.86. The quantitative estimate of drug-likeness (QED) is 0.825. The van der Waals surface area contributed by atoms with E-state index in [1.165, 1.54) is 64.3 Å². The highest BCUT2D eigenvalue weighted by molar-refractivity contribution is 5.02. The van der Waals surface area contributed by atoms with Crippen molar-refractivity contribution >= 4 is 0 Å². The Bertz CT molecular complexity index is 272. The SMILES string of the molecule is CCC1OCCC1CNC1CCC12CCCCC2. The van der Waals surface area contributed by atoms with Crippen LogP contribution >= 0.6 is 0 Å². The van der Waals surface area contributed by atoms with E-state index < -0.39 is 0 Å². The molecule has 2 saturated carbocycles. The van der Waals surface area contributed by atoms with Crippen LogP contribution in [0.3, 0.4) is 0 Å². The molecule has 1 N–H and O–H groups in total. The first-order valence-electron chi connectivity index (χ1n) is 8.19. The zero-order valence-corrected chi connectivity index (χ0v) is 11.9. The van der Waals surface area contributed by atoms with Crippen molar-refractivity contribution in [1.29, 1.82) is 0 Å². The standard InChI is InChI=1S/C16H29NO/c1-2-14-13(7-11-18-14)12-17-15-6-10-16(15)8-4-3-5-9-16/h13-15,17H,2-12H2,1H3. The number of rotatable bonds is 4. The molecule has 0 aromatic heterocycles. The maximum atomic E-state index is 5.80. The Hall–Kier alpha value is -0.0800. The molecule has 0 bridgehead atoms. The minimum Gasteiger partial charge on any atom is -0.378 e. The fraction of sp³-hybridized carbons (Fsp3) is 1.00. The van der Waals surface area contributed by atoms with E-state index in [0.717, 1.165) is 18.6 Å². The van der Waals surface area contributed by atoms with E-state index in [1.807, 2.05) is 0 Å². The summed E-state index contributed by atoms with van der Waals surface area (Å²) < 4.78 is 5.80. The van der Waals surface area contributed by atoms with Gasteiger partial charge in [-0.1, -0.05) is 26.2 Å². The molecule has 1 aliphatic heterocycles. The van der Waals surface area contributed by atoms with Crippen LogP contribution in [0.4, 0.5) is 0 Å². The van der Waals surface area contributed by atoms with Crippen LogP contribution in [0.25, 0.3) is 0 Å². The minimum absolute atomic E-state index is 0.528. The van der Waals surface area contributed by atoms with E-state index in [4.69, 9.17) is 4.74 Å². The van der Waals surface area contributed by atoms with Crippen molar-refractivity contribution in [2.45, 2.75) is 76.9 Å². The van der Waals surface area contributed by atoms with Gasteiger partial charge < -0.3 is 10.1 Å². The van der Waals surface area contributed by atoms with Crippen LogP contribution < -0.4 is 5.32 Å². The van der Waals surface area contributed by atoms with Gasteiger partial charge in [-0.25, -0.2) is 0 Å². The molecule has 3 rings (SSSR count). The summed E-state index contributed by atoms with van der Waals surface area (Å²) in [6.07, 6.45) is 13.3. The second-order valence-electron chi connectivity index (χ2n) is 6.79. The van der Waals surface area contributed by atoms with Crippen molar-refractivity contribution in [3.63, 3.8) is 0 Å². The van der Waals surface area contributed by atoms with E-state index in [2.05, 4.69) is 12.2 Å². The Balaban J connectivity index is 1.48. The van der Waals surface area contributed by atoms with E-state index in [9.17, 15) is 0 Å². The molecule has 3 fully saturated rings. The molecule has 3 atom stereocenters. The summed E-state index contributed by atoms with van der Waals surface area (Å²) in [6.45, 7) is 4.44. The number of nitrogens with one attached hydrogen (secondary N) is 1. The lowest BCUT2D eigenvalue weighted by Crippen LogP contribution is -2.55. The smallest absolute Gasteiger partial charge is 0.0613 e. The van der Waals surface area contributed by atoms with Crippen molar-refractivity contribution in [3.05, 3.63) is 0 Å². The molecule has 0 radical (unpaired) electrons. The summed E-state index contributed by atoms with van der Waals surface area (Å²) in [7, 11) is 0. The largest absolute Gasteiger partial charge is 0.378 e. The van der Waals surface area contributed by atoms with Crippen LogP contribution in [0.15, 0.2) is 0 Å². The number of ether oxygens (including phenoxy) is 1. The van der Waals surface area contributed by atoms with Gasteiger partial charge in [-0.15, -0.1) is 0 Å². The molecule has 2 aliphatic carbocycles. The monoisotopic (exact) mass is 251 g/mol. The second-order valence-corrected chi connectivity index (χ2v) is 6.79. The summed E-state index contributed by atoms with van der Waals surface area (Å²) >= 11 is 0. The van der Waals surface area contributed by atoms with Crippen LogP contribution in [-0.2, 0) is 4.74 Å². The van der Waals surface area contributed by atoms with E-state index in [0.29, 0.717) is 11.5 Å². The summed E-state index contributed by atoms with van der Waals surface area (Å²) in [4.78, 5) is 0. The zero-order chi connectivity index (χ0) is 12.4. The van der Waals surface area contributed by atoms with Crippen LogP contribution in [0.5, 0.6) is 0 Å². The third-order valence-corrected chi connectivity index (χ3v) is 5.89. The highest BCUT2D eigenvalue weighted by atomic mass is 16.5. The molecule has 3 aliphatic rings. The molecule has 1 spiro atoms. The average molecular weight is 251 g/mol. The van der Waals surface area contributed by atoms with Crippen LogP contribution in [0, 0.1) is 11.3 Å². The lowest BCUT2D eigenvalue weighted by Gasteiger charge is -2.53. The van der Waals surface area contributed by atoms with Crippen LogP contribution in [0.1, 0.15) is 64.7 Å². The molecule has 104 valence electrons. The molecule has 0 aromatic carbocycles. The molecule has 1 heterocycles. The third kappa shape index (κ3) is 2.34. The van der Waals surface area contributed by atoms with Gasteiger partial charge >= 0.3 is 0 Å². The summed E-state index contributed by atoms with van der Waals surface area (Å²) in [5.41, 5.74) is 0.708. The highest BCUT2D eigenvalue weighted by Gasteiger charge is 2.46. The van der Waals surface area contributed by atoms with E-state index >= 15 is 0 Å². The Morgan fingerprint density at radius 1 is 1.11 bits per heavy atom. The van der Waals surface area contributed by atoms with Gasteiger partial charge in [0.15, 0.2) is 0 Å². The lowest BCUT2D eigenvalue weighted by molar-refractivity contribution is 0.0173. The maximum Gasteiger partial charge on any atom is 0.0613 e. The summed E-state index contributed by atoms with van der Waals surface area (Å²) in [6, 6.07) is 0.830. The predicted octanol–water partition coefficient (Wildman–Crippen LogP) is 3.50. The maximum absolute atomic E-state index is 5.80. The van der Waals surface area contributed by atoms with Crippen molar-refractivity contribution < 1.29 is 4.74 Å². The van der Waals surface area contributed by atoms with Gasteiger partial charge in [0.2, 0.25) is 0 Å². The van der Waals surface area contributed by atoms with E-state index in [1.54, 1.807) is 0 Å². The Morgan fingerprint density at radius 3 is 2.61 bits per heavy atom. The normalized spacial score (nSPS) is 38.8. The number of hydrogen-bond acceptors (Lipinski definition) is 2. The first-order valence-corrected chi connectivity index (χ1v) is 8.19. The van der Waals surface area contributed by atoms with Crippen LogP contribution in [0.2, 0.25) is 0 Å². The molecular formula is C16H29NO. The van der Waals surface area contributed by atoms with Gasteiger partial charge in [-0.2, -0.15) is 0 Å². The molecule has 2 nitrogen and oxygen atoms in total. The first-order chi connectivity index (χ1) is 8.84. The van der Waals surface area contributed by atoms with Gasteiger partial charge in [0.05, 0.1) is 6.10 Å². The third-order valence-electron chi connectivity index (χ3n) is 5.89. The molecule has 18 heavy (non-hydrogen) atoms. The minimum atomic E-state index is 0.528. The zero-order valence-electron chi connectivity index (χ0n) is 11.9. The topological polar surface area (TPSA) is 21.3 Å². The molecule has 3 unspecified atom stereocenters. The van der Waals surface area contributed by atoms with Crippen LogP contribution in [-0.4, -0.2) is 25.3 Å². The van der Waals surface area contributed by atoms with Crippen molar-refractivity contribution in [2.75, 3.05) is 13.2 Å². The van der Waals surface area contributed by atoms with Crippen molar-refractivity contribution in [3.8, 4) is 0 Å². The molecule has 2 heteroatoms. The molecule has 0 amide bonds. The van der Waals surface area contributed by atoms with Gasteiger partial charge in [-0.3, -0.25) is 0 Å². The second kappa shape index (κ2) is 5.50. The molecule has 0 aromatic rings. The lowest BCUT2D eigenvalue weighted by atomic mass is 9.57. The highest BCUT2D eigenvalue weighted by Crippen LogP contribution is 2.51. The van der Waals surface area contributed by atoms with Gasteiger partial charge in [-0.05, 0) is 49.9 Å². The van der Waals surface area contributed by atoms with Gasteiger partial charge in [0.1, 0.15) is 0 Å². The Kier molecular flexibility index (Phi) is 3.95. The Labute approximate surface area is 112 Å². The van der Waals surface area contributed by atoms with Gasteiger partial charge in [0, 0.05) is 19.2 Å². The molecular weight excluding hydrogens is 222 g/mol. The Morgan fingerprint density at radius 2 is 1.94 bits per heavy atom. The fourth-order valence-corrected chi connectivity index (χ4v) is 4.54. The number of hydrogen-bond donors (Lipinski definition) is 1. The fourth-order valence-electron chi connectivity index (χ4n) is 4.54. The summed E-state index contributed by atoms with van der Waals surface area (Å²) in [5.74, 6) is 0.774. The van der Waals surface area contributed by atoms with Crippen molar-refractivity contribution in [2.24, 2.45) is 11.3 Å². The first kappa shape index (κ1) is 12.9. The van der Waals surface area contributed by atoms with E-state index in [-0.39, 0.29) is 0 Å². The summed E-state index contributed by atoms with van der Waals surface area (Å²) in [5, 5.41) is 3.91. The van der Waals surface area contributed by atoms with Crippen molar-refractivity contribution in [1.82, 2.24) is 5.32 Å².